The summed E-state index contributed by atoms with van der Waals surface area (Å²) in [5.41, 5.74) is 2.26. The summed E-state index contributed by atoms with van der Waals surface area (Å²) in [6.45, 7) is 1.37. The summed E-state index contributed by atoms with van der Waals surface area (Å²) in [5.74, 6) is 0. The number of hydrogen-bond donors (Lipinski definition) is 0. The van der Waals surface area contributed by atoms with Gasteiger partial charge in [-0.15, -0.1) is 0 Å². The zero-order valence-corrected chi connectivity index (χ0v) is 8.56. The van der Waals surface area contributed by atoms with Crippen molar-refractivity contribution in [2.75, 3.05) is 32.2 Å². The van der Waals surface area contributed by atoms with Crippen molar-refractivity contribution >= 4 is 18.3 Å². The molecule has 0 N–H and O–H groups in total. The summed E-state index contributed by atoms with van der Waals surface area (Å²) >= 11 is 0. The minimum absolute atomic E-state index is 0.186. The van der Waals surface area contributed by atoms with Crippen LogP contribution in [0.25, 0.3) is 0 Å². The Bertz CT molecular complexity index is 311. The standard InChI is InChI=1S/C10H14BNO2/c1-12(2)10-6-4-3-5-9(10)11-13-7-8-14-11/h3-6H,7-8H2,1-2H3. The monoisotopic (exact) mass is 191 g/mol. The minimum atomic E-state index is -0.186. The number of hydrogen-bond acceptors (Lipinski definition) is 3. The van der Waals surface area contributed by atoms with Crippen molar-refractivity contribution < 1.29 is 9.31 Å². The lowest BCUT2D eigenvalue weighted by Crippen LogP contribution is -2.35. The normalized spacial score (nSPS) is 16.0. The molecule has 1 aliphatic rings. The van der Waals surface area contributed by atoms with Gasteiger partial charge in [-0.1, -0.05) is 18.2 Å². The van der Waals surface area contributed by atoms with Crippen LogP contribution in [0.3, 0.4) is 0 Å². The van der Waals surface area contributed by atoms with Gasteiger partial charge in [-0.3, -0.25) is 0 Å². The maximum atomic E-state index is 5.48. The highest BCUT2D eigenvalue weighted by Gasteiger charge is 2.28. The number of benzene rings is 1. The van der Waals surface area contributed by atoms with Gasteiger partial charge in [0.25, 0.3) is 0 Å². The quantitative estimate of drug-likeness (QED) is 0.635. The number of para-hydroxylation sites is 1. The first-order chi connectivity index (χ1) is 6.79. The number of rotatable bonds is 2. The lowest BCUT2D eigenvalue weighted by molar-refractivity contribution is 0.365. The van der Waals surface area contributed by atoms with Crippen LogP contribution < -0.4 is 10.4 Å². The van der Waals surface area contributed by atoms with Crippen LogP contribution >= 0.6 is 0 Å². The topological polar surface area (TPSA) is 21.7 Å². The van der Waals surface area contributed by atoms with E-state index >= 15 is 0 Å². The third kappa shape index (κ3) is 1.76. The van der Waals surface area contributed by atoms with E-state index in [2.05, 4.69) is 11.0 Å². The largest absolute Gasteiger partial charge is 0.496 e. The Hall–Kier alpha value is -0.995. The SMILES string of the molecule is CN(C)c1ccccc1B1OCCO1. The number of anilines is 1. The summed E-state index contributed by atoms with van der Waals surface area (Å²) in [5, 5.41) is 0. The van der Waals surface area contributed by atoms with Gasteiger partial charge in [-0.05, 0) is 6.07 Å². The molecule has 0 atom stereocenters. The predicted octanol–water partition coefficient (Wildman–Crippen LogP) is 0.495. The fourth-order valence-corrected chi connectivity index (χ4v) is 1.63. The number of nitrogens with zero attached hydrogens (tertiary/aromatic N) is 1. The van der Waals surface area contributed by atoms with Crippen LogP contribution in [-0.2, 0) is 9.31 Å². The molecule has 14 heavy (non-hydrogen) atoms. The molecule has 0 spiro atoms. The third-order valence-corrected chi connectivity index (χ3v) is 2.29. The molecule has 1 aromatic carbocycles. The lowest BCUT2D eigenvalue weighted by Gasteiger charge is -2.17. The molecular weight excluding hydrogens is 177 g/mol. The second-order valence-electron chi connectivity index (χ2n) is 3.53. The first kappa shape index (κ1) is 9.56. The Morgan fingerprint density at radius 3 is 2.43 bits per heavy atom. The zero-order valence-electron chi connectivity index (χ0n) is 8.56. The molecule has 1 aliphatic heterocycles. The van der Waals surface area contributed by atoms with Crippen LogP contribution in [0.2, 0.25) is 0 Å². The van der Waals surface area contributed by atoms with Gasteiger partial charge in [0.05, 0.1) is 13.2 Å². The van der Waals surface area contributed by atoms with Crippen LogP contribution in [-0.4, -0.2) is 34.4 Å². The van der Waals surface area contributed by atoms with Crippen molar-refractivity contribution in [3.63, 3.8) is 0 Å². The van der Waals surface area contributed by atoms with E-state index in [0.717, 1.165) is 11.2 Å². The van der Waals surface area contributed by atoms with Gasteiger partial charge in [-0.25, -0.2) is 0 Å². The summed E-state index contributed by atoms with van der Waals surface area (Å²) in [7, 11) is 3.86. The molecule has 0 radical (unpaired) electrons. The summed E-state index contributed by atoms with van der Waals surface area (Å²) in [6, 6.07) is 8.15. The van der Waals surface area contributed by atoms with Crippen LogP contribution in [0.1, 0.15) is 0 Å². The fraction of sp³-hybridized carbons (Fsp3) is 0.400. The molecule has 1 saturated heterocycles. The first-order valence-electron chi connectivity index (χ1n) is 4.78. The van der Waals surface area contributed by atoms with Crippen LogP contribution in [0.4, 0.5) is 5.69 Å². The molecule has 2 rings (SSSR count). The minimum Gasteiger partial charge on any atom is -0.405 e. The van der Waals surface area contributed by atoms with E-state index in [0.29, 0.717) is 13.2 Å². The molecule has 1 heterocycles. The highest BCUT2D eigenvalue weighted by Crippen LogP contribution is 2.11. The average molecular weight is 191 g/mol. The van der Waals surface area contributed by atoms with E-state index in [9.17, 15) is 0 Å². The summed E-state index contributed by atoms with van der Waals surface area (Å²) in [4.78, 5) is 2.07. The van der Waals surface area contributed by atoms with Crippen molar-refractivity contribution in [3.8, 4) is 0 Å². The highest BCUT2D eigenvalue weighted by molar-refractivity contribution is 6.63. The predicted molar refractivity (Wildman–Crippen MR) is 58.1 cm³/mol. The summed E-state index contributed by atoms with van der Waals surface area (Å²) < 4.78 is 11.0. The smallest absolute Gasteiger partial charge is 0.405 e. The molecule has 1 aromatic rings. The zero-order chi connectivity index (χ0) is 9.97. The van der Waals surface area contributed by atoms with Gasteiger partial charge in [-0.2, -0.15) is 0 Å². The van der Waals surface area contributed by atoms with Gasteiger partial charge >= 0.3 is 7.12 Å². The molecule has 0 bridgehead atoms. The van der Waals surface area contributed by atoms with Crippen LogP contribution in [0, 0.1) is 0 Å². The molecule has 1 fully saturated rings. The van der Waals surface area contributed by atoms with E-state index in [4.69, 9.17) is 9.31 Å². The van der Waals surface area contributed by atoms with Gasteiger partial charge in [0.2, 0.25) is 0 Å². The van der Waals surface area contributed by atoms with Crippen molar-refractivity contribution in [1.29, 1.82) is 0 Å². The Balaban J connectivity index is 2.30. The van der Waals surface area contributed by atoms with Gasteiger partial charge < -0.3 is 14.2 Å². The van der Waals surface area contributed by atoms with Crippen molar-refractivity contribution in [1.82, 2.24) is 0 Å². The second kappa shape index (κ2) is 4.03. The van der Waals surface area contributed by atoms with Gasteiger partial charge in [0.1, 0.15) is 0 Å². The third-order valence-electron chi connectivity index (χ3n) is 2.29. The molecule has 0 aliphatic carbocycles. The van der Waals surface area contributed by atoms with Crippen LogP contribution in [0.5, 0.6) is 0 Å². The highest BCUT2D eigenvalue weighted by atomic mass is 16.6. The molecule has 4 heteroatoms. The van der Waals surface area contributed by atoms with Gasteiger partial charge in [0, 0.05) is 25.2 Å². The van der Waals surface area contributed by atoms with E-state index in [1.807, 2.05) is 32.3 Å². The van der Waals surface area contributed by atoms with E-state index in [1.165, 1.54) is 0 Å². The first-order valence-corrected chi connectivity index (χ1v) is 4.78. The van der Waals surface area contributed by atoms with E-state index in [-0.39, 0.29) is 7.12 Å². The lowest BCUT2D eigenvalue weighted by atomic mass is 9.78. The Labute approximate surface area is 84.8 Å². The molecule has 74 valence electrons. The van der Waals surface area contributed by atoms with Crippen molar-refractivity contribution in [3.05, 3.63) is 24.3 Å². The van der Waals surface area contributed by atoms with Gasteiger partial charge in [0.15, 0.2) is 0 Å². The molecule has 3 nitrogen and oxygen atoms in total. The molecule has 0 unspecified atom stereocenters. The average Bonchev–Trinajstić information content (AvgIpc) is 2.70. The maximum absolute atomic E-state index is 5.48. The van der Waals surface area contributed by atoms with E-state index < -0.39 is 0 Å². The Morgan fingerprint density at radius 2 is 1.79 bits per heavy atom. The maximum Gasteiger partial charge on any atom is 0.496 e. The van der Waals surface area contributed by atoms with Crippen molar-refractivity contribution in [2.45, 2.75) is 0 Å². The molecule has 0 saturated carbocycles. The van der Waals surface area contributed by atoms with Crippen molar-refractivity contribution in [2.24, 2.45) is 0 Å². The fourth-order valence-electron chi connectivity index (χ4n) is 1.63. The Morgan fingerprint density at radius 1 is 1.14 bits per heavy atom. The second-order valence-corrected chi connectivity index (χ2v) is 3.53. The Kier molecular flexibility index (Phi) is 2.75. The summed E-state index contributed by atoms with van der Waals surface area (Å²) in [6.07, 6.45) is 0. The van der Waals surface area contributed by atoms with E-state index in [1.54, 1.807) is 0 Å². The molecule has 0 amide bonds. The van der Waals surface area contributed by atoms with Crippen LogP contribution in [0.15, 0.2) is 24.3 Å². The molecule has 0 aromatic heterocycles. The molecular formula is C10H14BNO2.